The Morgan fingerprint density at radius 3 is 2.43 bits per heavy atom. The molecule has 8 nitrogen and oxygen atoms in total. The molecule has 0 bridgehead atoms. The van der Waals surface area contributed by atoms with Crippen LogP contribution in [0.2, 0.25) is 0 Å². The summed E-state index contributed by atoms with van der Waals surface area (Å²) in [6.45, 7) is 6.00. The summed E-state index contributed by atoms with van der Waals surface area (Å²) in [5.41, 5.74) is 3.52. The molecule has 2 heterocycles. The van der Waals surface area contributed by atoms with Crippen LogP contribution in [0.5, 0.6) is 0 Å². The van der Waals surface area contributed by atoms with Gasteiger partial charge in [0.05, 0.1) is 17.9 Å². The fourth-order valence-corrected chi connectivity index (χ4v) is 3.76. The van der Waals surface area contributed by atoms with Crippen molar-refractivity contribution < 1.29 is 14.0 Å². The zero-order valence-corrected chi connectivity index (χ0v) is 20.0. The molecule has 35 heavy (non-hydrogen) atoms. The third-order valence-electron chi connectivity index (χ3n) is 5.93. The topological polar surface area (TPSA) is 113 Å². The number of hydrogen-bond donors (Lipinski definition) is 3. The Morgan fingerprint density at radius 2 is 1.69 bits per heavy atom. The number of benzene rings is 2. The summed E-state index contributed by atoms with van der Waals surface area (Å²) in [6, 6.07) is 18.8. The highest BCUT2D eigenvalue weighted by molar-refractivity contribution is 5.93. The van der Waals surface area contributed by atoms with Crippen LogP contribution in [0.25, 0.3) is 22.7 Å². The number of H-pyrrole nitrogens is 1. The summed E-state index contributed by atoms with van der Waals surface area (Å²) < 4.78 is 5.76. The number of rotatable bonds is 9. The summed E-state index contributed by atoms with van der Waals surface area (Å²) >= 11 is 0. The zero-order valence-electron chi connectivity index (χ0n) is 20.0. The molecule has 4 rings (SSSR count). The van der Waals surface area contributed by atoms with Crippen LogP contribution in [0.4, 0.5) is 0 Å². The van der Waals surface area contributed by atoms with Crippen LogP contribution in [0.15, 0.2) is 71.3 Å². The summed E-state index contributed by atoms with van der Waals surface area (Å²) in [5, 5.41) is 13.0. The number of carbonyl (C=O) groups is 2. The Bertz CT molecular complexity index is 1290. The average molecular weight is 472 g/mol. The highest BCUT2D eigenvalue weighted by atomic mass is 16.4. The third kappa shape index (κ3) is 5.66. The maximum absolute atomic E-state index is 12.7. The van der Waals surface area contributed by atoms with Crippen molar-refractivity contribution in [1.82, 2.24) is 25.8 Å². The lowest BCUT2D eigenvalue weighted by molar-refractivity contribution is 0.0909. The van der Waals surface area contributed by atoms with E-state index in [1.54, 1.807) is 6.07 Å². The van der Waals surface area contributed by atoms with Crippen molar-refractivity contribution in [2.45, 2.75) is 45.7 Å². The van der Waals surface area contributed by atoms with Gasteiger partial charge in [-0.3, -0.25) is 14.7 Å². The van der Waals surface area contributed by atoms with Crippen LogP contribution >= 0.6 is 0 Å². The molecule has 2 aromatic heterocycles. The van der Waals surface area contributed by atoms with Crippen molar-refractivity contribution in [3.8, 4) is 22.7 Å². The molecule has 0 saturated carbocycles. The van der Waals surface area contributed by atoms with Crippen molar-refractivity contribution in [1.29, 1.82) is 0 Å². The molecular formula is C27H29N5O3. The highest BCUT2D eigenvalue weighted by Gasteiger charge is 2.18. The maximum Gasteiger partial charge on any atom is 0.289 e. The van der Waals surface area contributed by atoms with Gasteiger partial charge in [0.25, 0.3) is 11.8 Å². The van der Waals surface area contributed by atoms with Crippen molar-refractivity contribution in [3.05, 3.63) is 83.9 Å². The molecule has 1 atom stereocenters. The second-order valence-corrected chi connectivity index (χ2v) is 8.37. The van der Waals surface area contributed by atoms with E-state index in [2.05, 4.69) is 25.8 Å². The molecule has 2 aromatic carbocycles. The average Bonchev–Trinajstić information content (AvgIpc) is 3.58. The minimum absolute atomic E-state index is 0.129. The van der Waals surface area contributed by atoms with Gasteiger partial charge in [-0.1, -0.05) is 56.3 Å². The Hall–Kier alpha value is -4.20. The van der Waals surface area contributed by atoms with Gasteiger partial charge >= 0.3 is 0 Å². The molecule has 180 valence electrons. The predicted octanol–water partition coefficient (Wildman–Crippen LogP) is 5.14. The second kappa shape index (κ2) is 10.8. The Morgan fingerprint density at radius 1 is 0.943 bits per heavy atom. The SMILES string of the molecule is CCC(CC)NC(=O)c1cc(-c2cccc(-c3ncc(C(=O)NC(C)c4ccccc4)o3)c2)n[nH]1. The van der Waals surface area contributed by atoms with E-state index in [4.69, 9.17) is 4.42 Å². The molecule has 2 amide bonds. The van der Waals surface area contributed by atoms with Crippen LogP contribution in [-0.2, 0) is 0 Å². The molecule has 3 N–H and O–H groups in total. The predicted molar refractivity (Wildman–Crippen MR) is 134 cm³/mol. The summed E-state index contributed by atoms with van der Waals surface area (Å²) in [4.78, 5) is 29.4. The van der Waals surface area contributed by atoms with Gasteiger partial charge in [-0.25, -0.2) is 4.98 Å². The first-order chi connectivity index (χ1) is 17.0. The normalized spacial score (nSPS) is 11.9. The lowest BCUT2D eigenvalue weighted by Crippen LogP contribution is -2.33. The van der Waals surface area contributed by atoms with Crippen LogP contribution < -0.4 is 10.6 Å². The van der Waals surface area contributed by atoms with Gasteiger partial charge in [0.2, 0.25) is 11.7 Å². The first-order valence-electron chi connectivity index (χ1n) is 11.8. The van der Waals surface area contributed by atoms with Gasteiger partial charge in [-0.2, -0.15) is 5.10 Å². The van der Waals surface area contributed by atoms with Crippen LogP contribution in [0.1, 0.15) is 66.3 Å². The van der Waals surface area contributed by atoms with Gasteiger partial charge in [0.1, 0.15) is 5.69 Å². The summed E-state index contributed by atoms with van der Waals surface area (Å²) in [6.07, 6.45) is 3.16. The summed E-state index contributed by atoms with van der Waals surface area (Å²) in [7, 11) is 0. The van der Waals surface area contributed by atoms with E-state index in [1.807, 2.05) is 75.4 Å². The van der Waals surface area contributed by atoms with Crippen LogP contribution in [-0.4, -0.2) is 33.0 Å². The number of oxazole rings is 1. The number of carbonyl (C=O) groups excluding carboxylic acids is 2. The molecule has 0 aliphatic carbocycles. The Labute approximate surface area is 204 Å². The maximum atomic E-state index is 12.7. The van der Waals surface area contributed by atoms with E-state index in [9.17, 15) is 9.59 Å². The van der Waals surface area contributed by atoms with E-state index < -0.39 is 0 Å². The molecule has 0 radical (unpaired) electrons. The van der Waals surface area contributed by atoms with Crippen LogP contribution in [0, 0.1) is 0 Å². The summed E-state index contributed by atoms with van der Waals surface area (Å²) in [5.74, 6) is -0.0571. The fraction of sp³-hybridized carbons (Fsp3) is 0.259. The van der Waals surface area contributed by atoms with E-state index in [0.29, 0.717) is 22.8 Å². The molecule has 0 saturated heterocycles. The van der Waals surface area contributed by atoms with E-state index >= 15 is 0 Å². The van der Waals surface area contributed by atoms with E-state index in [1.165, 1.54) is 6.20 Å². The standard InChI is InChI=1S/C27H29N5O3/c1-4-21(5-2)30-25(33)23-15-22(31-32-23)19-12-9-13-20(14-19)27-28-16-24(35-27)26(34)29-17(3)18-10-7-6-8-11-18/h6-17,21H,4-5H2,1-3H3,(H,29,34)(H,30,33)(H,31,32). The van der Waals surface area contributed by atoms with Crippen molar-refractivity contribution in [2.24, 2.45) is 0 Å². The number of nitrogens with one attached hydrogen (secondary N) is 3. The first-order valence-corrected chi connectivity index (χ1v) is 11.8. The number of aromatic nitrogens is 3. The number of hydrogen-bond acceptors (Lipinski definition) is 5. The van der Waals surface area contributed by atoms with Gasteiger partial charge in [-0.05, 0) is 43.5 Å². The van der Waals surface area contributed by atoms with E-state index in [-0.39, 0.29) is 29.7 Å². The molecule has 1 unspecified atom stereocenters. The van der Waals surface area contributed by atoms with Gasteiger partial charge < -0.3 is 15.1 Å². The quantitative estimate of drug-likeness (QED) is 0.313. The first kappa shape index (κ1) is 23.9. The number of aromatic amines is 1. The zero-order chi connectivity index (χ0) is 24.8. The molecule has 0 fully saturated rings. The minimum Gasteiger partial charge on any atom is -0.431 e. The van der Waals surface area contributed by atoms with Gasteiger partial charge in [0, 0.05) is 17.2 Å². The van der Waals surface area contributed by atoms with Gasteiger partial charge in [0.15, 0.2) is 0 Å². The molecular weight excluding hydrogens is 442 g/mol. The third-order valence-corrected chi connectivity index (χ3v) is 5.93. The number of amides is 2. The molecule has 0 spiro atoms. The smallest absolute Gasteiger partial charge is 0.289 e. The van der Waals surface area contributed by atoms with Gasteiger partial charge in [-0.15, -0.1) is 0 Å². The molecule has 0 aliphatic rings. The van der Waals surface area contributed by atoms with Crippen molar-refractivity contribution in [3.63, 3.8) is 0 Å². The lowest BCUT2D eigenvalue weighted by Gasteiger charge is -2.13. The molecule has 4 aromatic rings. The largest absolute Gasteiger partial charge is 0.431 e. The minimum atomic E-state index is -0.336. The van der Waals surface area contributed by atoms with Crippen molar-refractivity contribution >= 4 is 11.8 Å². The Balaban J connectivity index is 1.47. The number of nitrogens with zero attached hydrogens (tertiary/aromatic N) is 2. The second-order valence-electron chi connectivity index (χ2n) is 8.37. The lowest BCUT2D eigenvalue weighted by atomic mass is 10.1. The van der Waals surface area contributed by atoms with Crippen molar-refractivity contribution in [2.75, 3.05) is 0 Å². The highest BCUT2D eigenvalue weighted by Crippen LogP contribution is 2.26. The monoisotopic (exact) mass is 471 g/mol. The Kier molecular flexibility index (Phi) is 7.40. The fourth-order valence-electron chi connectivity index (χ4n) is 3.76. The van der Waals surface area contributed by atoms with Crippen LogP contribution in [0.3, 0.4) is 0 Å². The van der Waals surface area contributed by atoms with E-state index in [0.717, 1.165) is 24.0 Å². The molecule has 0 aliphatic heterocycles. The molecule has 8 heteroatoms.